The molecule has 0 amide bonds. The molecule has 1 aromatic carbocycles. The van der Waals surface area contributed by atoms with E-state index in [-0.39, 0.29) is 5.97 Å². The van der Waals surface area contributed by atoms with Crippen molar-refractivity contribution in [2.45, 2.75) is 33.3 Å². The fourth-order valence-electron chi connectivity index (χ4n) is 1.25. The molecule has 0 spiro atoms. The van der Waals surface area contributed by atoms with Gasteiger partial charge in [0.05, 0.1) is 5.56 Å². The van der Waals surface area contributed by atoms with Crippen LogP contribution in [0.4, 0.5) is 0 Å². The van der Waals surface area contributed by atoms with Crippen LogP contribution in [0.2, 0.25) is 0 Å². The third-order valence-electron chi connectivity index (χ3n) is 1.87. The highest BCUT2D eigenvalue weighted by molar-refractivity contribution is 6.32. The molecule has 0 fully saturated rings. The Hall–Kier alpha value is -1.25. The maximum Gasteiger partial charge on any atom is 0.338 e. The molecule has 1 aromatic rings. The van der Waals surface area contributed by atoms with Gasteiger partial charge in [-0.25, -0.2) is 4.79 Å². The number of aryl methyl sites for hydroxylation is 1. The number of carbonyl (C=O) groups excluding carboxylic acids is 1. The average Bonchev–Trinajstić information content (AvgIpc) is 1.99. The number of hydrogen-bond acceptors (Lipinski definition) is 2. The Bertz CT molecular complexity index is 378. The fourth-order valence-corrected chi connectivity index (χ4v) is 1.25. The van der Waals surface area contributed by atoms with Crippen molar-refractivity contribution < 1.29 is 9.53 Å². The van der Waals surface area contributed by atoms with E-state index in [0.717, 1.165) is 5.56 Å². The minimum Gasteiger partial charge on any atom is -0.456 e. The number of carbonyl (C=O) groups is 1. The van der Waals surface area contributed by atoms with Crippen LogP contribution in [-0.2, 0) is 4.74 Å². The van der Waals surface area contributed by atoms with Gasteiger partial charge in [-0.1, -0.05) is 17.6 Å². The molecule has 3 heteroatoms. The van der Waals surface area contributed by atoms with E-state index in [2.05, 4.69) is 0 Å². The van der Waals surface area contributed by atoms with Gasteiger partial charge in [-0.2, -0.15) is 0 Å². The second-order valence-electron chi connectivity index (χ2n) is 4.58. The number of rotatable bonds is 1. The van der Waals surface area contributed by atoms with E-state index in [1.807, 2.05) is 27.7 Å². The van der Waals surface area contributed by atoms with Gasteiger partial charge in [-0.15, -0.1) is 0 Å². The smallest absolute Gasteiger partial charge is 0.338 e. The van der Waals surface area contributed by atoms with Gasteiger partial charge < -0.3 is 4.74 Å². The van der Waals surface area contributed by atoms with E-state index in [4.69, 9.17) is 12.6 Å². The van der Waals surface area contributed by atoms with E-state index in [1.165, 1.54) is 0 Å². The summed E-state index contributed by atoms with van der Waals surface area (Å²) >= 11 is 0. The van der Waals surface area contributed by atoms with Crippen LogP contribution >= 0.6 is 0 Å². The monoisotopic (exact) mass is 202 g/mol. The predicted octanol–water partition coefficient (Wildman–Crippen LogP) is 1.74. The van der Waals surface area contributed by atoms with E-state index in [9.17, 15) is 4.79 Å². The molecule has 0 N–H and O–H groups in total. The van der Waals surface area contributed by atoms with Crippen LogP contribution in [0.15, 0.2) is 18.2 Å². The minimum absolute atomic E-state index is 0.306. The van der Waals surface area contributed by atoms with Crippen LogP contribution in [-0.4, -0.2) is 19.4 Å². The standard InChI is InChI=1S/C12H15BO2/c1-8-7-9(13)5-6-10(8)11(14)15-12(2,3)4/h5-7H,1-4H3. The molecule has 0 unspecified atom stereocenters. The summed E-state index contributed by atoms with van der Waals surface area (Å²) in [5, 5.41) is 0. The highest BCUT2D eigenvalue weighted by atomic mass is 16.6. The first-order valence-corrected chi connectivity index (χ1v) is 4.89. The van der Waals surface area contributed by atoms with Gasteiger partial charge >= 0.3 is 5.97 Å². The second-order valence-corrected chi connectivity index (χ2v) is 4.58. The van der Waals surface area contributed by atoms with Crippen molar-refractivity contribution in [3.05, 3.63) is 29.3 Å². The molecular weight excluding hydrogens is 187 g/mol. The first kappa shape index (κ1) is 11.8. The Morgan fingerprint density at radius 3 is 2.40 bits per heavy atom. The molecule has 0 saturated heterocycles. The van der Waals surface area contributed by atoms with Crippen LogP contribution in [0.1, 0.15) is 36.7 Å². The van der Waals surface area contributed by atoms with E-state index in [1.54, 1.807) is 18.2 Å². The van der Waals surface area contributed by atoms with Crippen LogP contribution in [0, 0.1) is 6.92 Å². The number of esters is 1. The molecule has 15 heavy (non-hydrogen) atoms. The number of hydrogen-bond donors (Lipinski definition) is 0. The number of benzene rings is 1. The van der Waals surface area contributed by atoms with Crippen molar-refractivity contribution in [2.75, 3.05) is 0 Å². The molecule has 0 heterocycles. The Morgan fingerprint density at radius 2 is 1.93 bits per heavy atom. The summed E-state index contributed by atoms with van der Waals surface area (Å²) in [6.45, 7) is 7.38. The second kappa shape index (κ2) is 4.09. The molecule has 2 nitrogen and oxygen atoms in total. The summed E-state index contributed by atoms with van der Waals surface area (Å²) in [6, 6.07) is 5.16. The van der Waals surface area contributed by atoms with Crippen molar-refractivity contribution in [1.29, 1.82) is 0 Å². The highest BCUT2D eigenvalue weighted by Crippen LogP contribution is 2.13. The Kier molecular flexibility index (Phi) is 3.23. The van der Waals surface area contributed by atoms with E-state index >= 15 is 0 Å². The molecule has 0 aliphatic carbocycles. The van der Waals surface area contributed by atoms with E-state index in [0.29, 0.717) is 11.0 Å². The van der Waals surface area contributed by atoms with Gasteiger partial charge in [-0.05, 0) is 39.3 Å². The molecule has 0 aliphatic rings. The zero-order valence-electron chi connectivity index (χ0n) is 9.63. The molecule has 2 radical (unpaired) electrons. The minimum atomic E-state index is -0.467. The lowest BCUT2D eigenvalue weighted by atomic mass is 9.92. The Morgan fingerprint density at radius 1 is 1.33 bits per heavy atom. The third kappa shape index (κ3) is 3.42. The van der Waals surface area contributed by atoms with Crippen LogP contribution in [0.5, 0.6) is 0 Å². The summed E-state index contributed by atoms with van der Waals surface area (Å²) in [6.07, 6.45) is 0. The lowest BCUT2D eigenvalue weighted by Crippen LogP contribution is -2.24. The summed E-state index contributed by atoms with van der Waals surface area (Å²) in [4.78, 5) is 11.7. The lowest BCUT2D eigenvalue weighted by Gasteiger charge is -2.20. The third-order valence-corrected chi connectivity index (χ3v) is 1.87. The summed E-state index contributed by atoms with van der Waals surface area (Å²) in [7, 11) is 5.60. The molecule has 0 bridgehead atoms. The predicted molar refractivity (Wildman–Crippen MR) is 61.7 cm³/mol. The van der Waals surface area contributed by atoms with Gasteiger partial charge in [0.1, 0.15) is 13.4 Å². The molecule has 0 aromatic heterocycles. The van der Waals surface area contributed by atoms with Crippen LogP contribution in [0.3, 0.4) is 0 Å². The summed E-state index contributed by atoms with van der Waals surface area (Å²) < 4.78 is 5.26. The van der Waals surface area contributed by atoms with E-state index < -0.39 is 5.60 Å². The molecule has 0 aliphatic heterocycles. The highest BCUT2D eigenvalue weighted by Gasteiger charge is 2.18. The quantitative estimate of drug-likeness (QED) is 0.512. The van der Waals surface area contributed by atoms with Gasteiger partial charge in [0.2, 0.25) is 0 Å². The first-order valence-electron chi connectivity index (χ1n) is 4.89. The SMILES string of the molecule is [B]c1ccc(C(=O)OC(C)(C)C)c(C)c1. The van der Waals surface area contributed by atoms with Crippen LogP contribution < -0.4 is 5.46 Å². The molecule has 1 rings (SSSR count). The normalized spacial score (nSPS) is 11.2. The zero-order chi connectivity index (χ0) is 11.6. The van der Waals surface area contributed by atoms with Crippen molar-refractivity contribution in [2.24, 2.45) is 0 Å². The van der Waals surface area contributed by atoms with Crippen molar-refractivity contribution in [1.82, 2.24) is 0 Å². The first-order chi connectivity index (χ1) is 6.79. The average molecular weight is 202 g/mol. The maximum atomic E-state index is 11.7. The van der Waals surface area contributed by atoms with Crippen molar-refractivity contribution in [3.63, 3.8) is 0 Å². The Labute approximate surface area is 92.0 Å². The zero-order valence-corrected chi connectivity index (χ0v) is 9.63. The van der Waals surface area contributed by atoms with Gasteiger partial charge in [0, 0.05) is 0 Å². The summed E-state index contributed by atoms with van der Waals surface area (Å²) in [5.74, 6) is -0.306. The van der Waals surface area contributed by atoms with Crippen molar-refractivity contribution in [3.8, 4) is 0 Å². The van der Waals surface area contributed by atoms with Gasteiger partial charge in [0.15, 0.2) is 0 Å². The molecule has 78 valence electrons. The molecule has 0 saturated carbocycles. The molecular formula is C12H15BO2. The van der Waals surface area contributed by atoms with Gasteiger partial charge in [0.25, 0.3) is 0 Å². The van der Waals surface area contributed by atoms with Crippen molar-refractivity contribution >= 4 is 19.3 Å². The summed E-state index contributed by atoms with van der Waals surface area (Å²) in [5.41, 5.74) is 1.59. The van der Waals surface area contributed by atoms with Gasteiger partial charge in [-0.3, -0.25) is 0 Å². The maximum absolute atomic E-state index is 11.7. The largest absolute Gasteiger partial charge is 0.456 e. The Balaban J connectivity index is 2.92. The fraction of sp³-hybridized carbons (Fsp3) is 0.417. The number of ether oxygens (including phenoxy) is 1. The molecule has 0 atom stereocenters. The lowest BCUT2D eigenvalue weighted by molar-refractivity contribution is 0.00688. The van der Waals surface area contributed by atoms with Crippen LogP contribution in [0.25, 0.3) is 0 Å². The topological polar surface area (TPSA) is 26.3 Å².